The number of carbonyl (C=O) groups is 1. The Labute approximate surface area is 168 Å². The molecule has 158 valence electrons. The maximum absolute atomic E-state index is 13.6. The van der Waals surface area contributed by atoms with Gasteiger partial charge >= 0.3 is 0 Å². The van der Waals surface area contributed by atoms with Gasteiger partial charge in [-0.2, -0.15) is 0 Å². The second-order valence-corrected chi connectivity index (χ2v) is 7.02. The number of aliphatic imine (C=N–C) groups is 1. The van der Waals surface area contributed by atoms with Crippen molar-refractivity contribution in [2.45, 2.75) is 47.0 Å². The molecule has 0 saturated carbocycles. The van der Waals surface area contributed by atoms with E-state index in [1.54, 1.807) is 19.1 Å². The van der Waals surface area contributed by atoms with Crippen LogP contribution in [0.4, 0.5) is 4.39 Å². The van der Waals surface area contributed by atoms with Crippen molar-refractivity contribution < 1.29 is 14.3 Å². The van der Waals surface area contributed by atoms with Crippen molar-refractivity contribution in [2.24, 2.45) is 10.4 Å². The zero-order valence-corrected chi connectivity index (χ0v) is 17.6. The molecule has 0 aliphatic heterocycles. The average molecular weight is 395 g/mol. The maximum atomic E-state index is 13.6. The first-order valence-corrected chi connectivity index (χ1v) is 10.1. The van der Waals surface area contributed by atoms with E-state index < -0.39 is 0 Å². The van der Waals surface area contributed by atoms with E-state index in [9.17, 15) is 14.3 Å². The monoisotopic (exact) mass is 394 g/mol. The van der Waals surface area contributed by atoms with Crippen molar-refractivity contribution in [2.75, 3.05) is 32.8 Å². The molecule has 0 bridgehead atoms. The van der Waals surface area contributed by atoms with Crippen LogP contribution in [0.2, 0.25) is 0 Å². The second-order valence-electron chi connectivity index (χ2n) is 7.02. The van der Waals surface area contributed by atoms with E-state index in [4.69, 9.17) is 0 Å². The number of amides is 1. The number of carbonyl (C=O) groups excluding carboxylic acids is 1. The third kappa shape index (κ3) is 7.46. The fourth-order valence-electron chi connectivity index (χ4n) is 2.92. The number of halogens is 1. The average Bonchev–Trinajstić information content (AvgIpc) is 2.70. The molecule has 1 amide bonds. The van der Waals surface area contributed by atoms with E-state index >= 15 is 0 Å². The van der Waals surface area contributed by atoms with E-state index in [1.807, 2.05) is 6.92 Å². The smallest absolute Gasteiger partial charge is 0.251 e. The lowest BCUT2D eigenvalue weighted by Gasteiger charge is -2.29. The van der Waals surface area contributed by atoms with E-state index in [-0.39, 0.29) is 23.7 Å². The highest BCUT2D eigenvalue weighted by molar-refractivity contribution is 5.94. The summed E-state index contributed by atoms with van der Waals surface area (Å²) < 4.78 is 13.6. The maximum Gasteiger partial charge on any atom is 0.251 e. The molecule has 0 spiro atoms. The molecular weight excluding hydrogens is 359 g/mol. The van der Waals surface area contributed by atoms with Gasteiger partial charge in [-0.1, -0.05) is 19.9 Å². The van der Waals surface area contributed by atoms with Crippen LogP contribution in [0.15, 0.2) is 23.2 Å². The molecular formula is C21H35FN4O2. The van der Waals surface area contributed by atoms with Gasteiger partial charge in [-0.05, 0) is 56.2 Å². The van der Waals surface area contributed by atoms with Gasteiger partial charge in [0.2, 0.25) is 0 Å². The van der Waals surface area contributed by atoms with Crippen LogP contribution in [-0.2, 0) is 0 Å². The Bertz CT molecular complexity index is 645. The minimum Gasteiger partial charge on any atom is -0.396 e. The van der Waals surface area contributed by atoms with Crippen molar-refractivity contribution in [3.63, 3.8) is 0 Å². The van der Waals surface area contributed by atoms with Crippen LogP contribution in [0.3, 0.4) is 0 Å². The molecule has 1 aromatic rings. The number of rotatable bonds is 11. The summed E-state index contributed by atoms with van der Waals surface area (Å²) in [6.07, 6.45) is 2.64. The van der Waals surface area contributed by atoms with Gasteiger partial charge in [0.25, 0.3) is 5.91 Å². The van der Waals surface area contributed by atoms with Crippen LogP contribution in [0.25, 0.3) is 0 Å². The summed E-state index contributed by atoms with van der Waals surface area (Å²) in [5.41, 5.74) is 0.824. The Balaban J connectivity index is 2.56. The number of benzene rings is 1. The lowest BCUT2D eigenvalue weighted by molar-refractivity contribution is 0.0954. The summed E-state index contributed by atoms with van der Waals surface area (Å²) in [5.74, 6) is -0.00513. The summed E-state index contributed by atoms with van der Waals surface area (Å²) >= 11 is 0. The lowest BCUT2D eigenvalue weighted by atomic mass is 9.79. The number of hydrogen-bond donors (Lipinski definition) is 4. The van der Waals surface area contributed by atoms with Gasteiger partial charge in [0.05, 0.1) is 0 Å². The molecule has 0 fully saturated rings. The van der Waals surface area contributed by atoms with Crippen LogP contribution < -0.4 is 16.0 Å². The normalized spacial score (nSPS) is 12.0. The highest BCUT2D eigenvalue weighted by Crippen LogP contribution is 2.30. The van der Waals surface area contributed by atoms with E-state index in [0.717, 1.165) is 25.8 Å². The largest absolute Gasteiger partial charge is 0.396 e. The molecule has 0 atom stereocenters. The van der Waals surface area contributed by atoms with Gasteiger partial charge < -0.3 is 21.1 Å². The molecule has 6 nitrogen and oxygen atoms in total. The number of hydrogen-bond acceptors (Lipinski definition) is 3. The third-order valence-electron chi connectivity index (χ3n) is 5.20. The molecule has 7 heteroatoms. The number of guanidine groups is 1. The highest BCUT2D eigenvalue weighted by Gasteiger charge is 2.25. The van der Waals surface area contributed by atoms with Gasteiger partial charge in [0.1, 0.15) is 5.82 Å². The Kier molecular flexibility index (Phi) is 10.5. The predicted octanol–water partition coefficient (Wildman–Crippen LogP) is 2.61. The minimum atomic E-state index is -0.384. The molecule has 0 saturated heterocycles. The molecule has 0 aliphatic carbocycles. The van der Waals surface area contributed by atoms with Crippen LogP contribution in [0.5, 0.6) is 0 Å². The molecule has 0 heterocycles. The molecule has 1 aromatic carbocycles. The van der Waals surface area contributed by atoms with Crippen molar-refractivity contribution in [3.05, 3.63) is 35.1 Å². The molecule has 28 heavy (non-hydrogen) atoms. The highest BCUT2D eigenvalue weighted by atomic mass is 19.1. The predicted molar refractivity (Wildman–Crippen MR) is 112 cm³/mol. The summed E-state index contributed by atoms with van der Waals surface area (Å²) in [7, 11) is 0. The number of aliphatic hydroxyl groups excluding tert-OH is 1. The first-order valence-electron chi connectivity index (χ1n) is 10.1. The van der Waals surface area contributed by atoms with E-state index in [0.29, 0.717) is 36.7 Å². The van der Waals surface area contributed by atoms with Crippen molar-refractivity contribution in [1.29, 1.82) is 0 Å². The lowest BCUT2D eigenvalue weighted by Crippen LogP contribution is -2.42. The van der Waals surface area contributed by atoms with Gasteiger partial charge in [-0.15, -0.1) is 0 Å². The second kappa shape index (κ2) is 12.3. The summed E-state index contributed by atoms with van der Waals surface area (Å²) in [5, 5.41) is 18.5. The summed E-state index contributed by atoms with van der Waals surface area (Å²) in [6.45, 7) is 10.3. The zero-order valence-electron chi connectivity index (χ0n) is 17.6. The topological polar surface area (TPSA) is 85.8 Å². The quantitative estimate of drug-likeness (QED) is 0.264. The zero-order chi connectivity index (χ0) is 21.0. The van der Waals surface area contributed by atoms with Crippen molar-refractivity contribution >= 4 is 11.9 Å². The number of nitrogens with zero attached hydrogens (tertiary/aromatic N) is 1. The van der Waals surface area contributed by atoms with Crippen molar-refractivity contribution in [1.82, 2.24) is 16.0 Å². The Hall–Kier alpha value is -2.15. The molecule has 0 radical (unpaired) electrons. The van der Waals surface area contributed by atoms with Crippen LogP contribution >= 0.6 is 0 Å². The van der Waals surface area contributed by atoms with E-state index in [2.05, 4.69) is 34.8 Å². The Morgan fingerprint density at radius 3 is 2.39 bits per heavy atom. The molecule has 0 unspecified atom stereocenters. The summed E-state index contributed by atoms with van der Waals surface area (Å²) in [4.78, 5) is 16.8. The SMILES string of the molecule is CCNC(=NCC(CC)(CC)CCO)NCCNC(=O)c1ccc(C)c(F)c1. The number of aliphatic hydroxyl groups is 1. The number of aryl methyl sites for hydroxylation is 1. The fourth-order valence-corrected chi connectivity index (χ4v) is 2.92. The van der Waals surface area contributed by atoms with Crippen molar-refractivity contribution in [3.8, 4) is 0 Å². The number of nitrogens with one attached hydrogen (secondary N) is 3. The minimum absolute atomic E-state index is 0.000824. The van der Waals surface area contributed by atoms with Crippen LogP contribution in [0.1, 0.15) is 56.0 Å². The van der Waals surface area contributed by atoms with Gasteiger partial charge in [0, 0.05) is 38.3 Å². The van der Waals surface area contributed by atoms with E-state index in [1.165, 1.54) is 6.07 Å². The molecule has 1 rings (SSSR count). The van der Waals surface area contributed by atoms with Crippen LogP contribution in [0, 0.1) is 18.2 Å². The first-order chi connectivity index (χ1) is 13.4. The molecule has 4 N–H and O–H groups in total. The van der Waals surface area contributed by atoms with Gasteiger partial charge in [0.15, 0.2) is 5.96 Å². The third-order valence-corrected chi connectivity index (χ3v) is 5.20. The standard InChI is InChI=1S/C21H35FN4O2/c1-5-21(6-2,10-13-27)15-26-20(23-7-3)25-12-11-24-19(28)17-9-8-16(4)18(22)14-17/h8-9,14,27H,5-7,10-13,15H2,1-4H3,(H,24,28)(H2,23,25,26). The Morgan fingerprint density at radius 1 is 1.14 bits per heavy atom. The first kappa shape index (κ1) is 23.9. The van der Waals surface area contributed by atoms with Crippen LogP contribution in [-0.4, -0.2) is 49.8 Å². The molecule has 0 aliphatic rings. The fraction of sp³-hybridized carbons (Fsp3) is 0.619. The molecule has 0 aromatic heterocycles. The Morgan fingerprint density at radius 2 is 1.82 bits per heavy atom. The van der Waals surface area contributed by atoms with Gasteiger partial charge in [-0.25, -0.2) is 4.39 Å². The van der Waals surface area contributed by atoms with Gasteiger partial charge in [-0.3, -0.25) is 9.79 Å². The summed E-state index contributed by atoms with van der Waals surface area (Å²) in [6, 6.07) is 4.46.